The fourth-order valence-corrected chi connectivity index (χ4v) is 3.03. The van der Waals surface area contributed by atoms with Gasteiger partial charge in [0.1, 0.15) is 11.2 Å². The first-order valence-corrected chi connectivity index (χ1v) is 8.25. The molecule has 0 aliphatic heterocycles. The standard InChI is InChI=1S/C14H10Cl2N4OS/c1-7-18-12-8(6-17-14(19-12)22-2)13(21)20(7)11-9(15)4-3-5-10(11)16/h3-6H,1-2H3. The highest BCUT2D eigenvalue weighted by molar-refractivity contribution is 7.98. The molecule has 0 aliphatic rings. The van der Waals surface area contributed by atoms with Crippen molar-refractivity contribution in [2.24, 2.45) is 0 Å². The van der Waals surface area contributed by atoms with Gasteiger partial charge in [0.05, 0.1) is 15.7 Å². The number of thioether (sulfide) groups is 1. The summed E-state index contributed by atoms with van der Waals surface area (Å²) >= 11 is 13.8. The molecule has 1 aromatic carbocycles. The third kappa shape index (κ3) is 2.47. The summed E-state index contributed by atoms with van der Waals surface area (Å²) in [5.41, 5.74) is 0.475. The Morgan fingerprint density at radius 2 is 1.86 bits per heavy atom. The minimum Gasteiger partial charge on any atom is -0.268 e. The topological polar surface area (TPSA) is 60.7 Å². The molecule has 3 aromatic rings. The lowest BCUT2D eigenvalue weighted by atomic mass is 10.3. The molecule has 3 rings (SSSR count). The highest BCUT2D eigenvalue weighted by Crippen LogP contribution is 2.28. The predicted molar refractivity (Wildman–Crippen MR) is 89.5 cm³/mol. The number of rotatable bonds is 2. The molecule has 112 valence electrons. The number of hydrogen-bond donors (Lipinski definition) is 0. The van der Waals surface area contributed by atoms with E-state index in [1.54, 1.807) is 25.1 Å². The molecule has 22 heavy (non-hydrogen) atoms. The molecule has 0 saturated carbocycles. The monoisotopic (exact) mass is 352 g/mol. The van der Waals surface area contributed by atoms with Gasteiger partial charge in [0.15, 0.2) is 10.8 Å². The molecule has 5 nitrogen and oxygen atoms in total. The van der Waals surface area contributed by atoms with E-state index in [0.29, 0.717) is 37.7 Å². The molecule has 0 radical (unpaired) electrons. The first-order chi connectivity index (χ1) is 10.5. The smallest absolute Gasteiger partial charge is 0.268 e. The van der Waals surface area contributed by atoms with E-state index in [1.165, 1.54) is 22.5 Å². The highest BCUT2D eigenvalue weighted by atomic mass is 35.5. The van der Waals surface area contributed by atoms with E-state index in [1.807, 2.05) is 6.26 Å². The van der Waals surface area contributed by atoms with Crippen LogP contribution in [0.3, 0.4) is 0 Å². The Bertz CT molecular complexity index is 922. The van der Waals surface area contributed by atoms with Crippen molar-refractivity contribution in [3.8, 4) is 5.69 Å². The molecular weight excluding hydrogens is 343 g/mol. The third-order valence-electron chi connectivity index (χ3n) is 3.12. The van der Waals surface area contributed by atoms with Crippen molar-refractivity contribution in [2.75, 3.05) is 6.26 Å². The fourth-order valence-electron chi connectivity index (χ4n) is 2.13. The summed E-state index contributed by atoms with van der Waals surface area (Å²) < 4.78 is 1.38. The van der Waals surface area contributed by atoms with Crippen LogP contribution in [0, 0.1) is 6.92 Å². The van der Waals surface area contributed by atoms with Gasteiger partial charge in [-0.1, -0.05) is 41.0 Å². The molecule has 2 heterocycles. The van der Waals surface area contributed by atoms with Gasteiger partial charge in [-0.05, 0) is 25.3 Å². The summed E-state index contributed by atoms with van der Waals surface area (Å²) in [5, 5.41) is 1.63. The number of hydrogen-bond acceptors (Lipinski definition) is 5. The maximum absolute atomic E-state index is 12.8. The largest absolute Gasteiger partial charge is 0.269 e. The minimum absolute atomic E-state index is 0.301. The number of nitrogens with zero attached hydrogens (tertiary/aromatic N) is 4. The van der Waals surface area contributed by atoms with Gasteiger partial charge >= 0.3 is 0 Å². The van der Waals surface area contributed by atoms with Gasteiger partial charge in [-0.3, -0.25) is 9.36 Å². The molecular formula is C14H10Cl2N4OS. The number of halogens is 2. The van der Waals surface area contributed by atoms with Gasteiger partial charge in [-0.25, -0.2) is 15.0 Å². The molecule has 0 amide bonds. The van der Waals surface area contributed by atoms with E-state index in [-0.39, 0.29) is 5.56 Å². The van der Waals surface area contributed by atoms with Crippen molar-refractivity contribution in [1.82, 2.24) is 19.5 Å². The first-order valence-electron chi connectivity index (χ1n) is 6.27. The lowest BCUT2D eigenvalue weighted by Crippen LogP contribution is -2.23. The van der Waals surface area contributed by atoms with Crippen LogP contribution in [-0.4, -0.2) is 25.8 Å². The summed E-state index contributed by atoms with van der Waals surface area (Å²) in [5.74, 6) is 0.457. The number of benzene rings is 1. The van der Waals surface area contributed by atoms with Crippen LogP contribution in [0.2, 0.25) is 10.0 Å². The molecule has 0 N–H and O–H groups in total. The normalized spacial score (nSPS) is 11.1. The van der Waals surface area contributed by atoms with Crippen LogP contribution in [0.5, 0.6) is 0 Å². The molecule has 0 unspecified atom stereocenters. The summed E-state index contributed by atoms with van der Waals surface area (Å²) in [6.45, 7) is 1.71. The second kappa shape index (κ2) is 5.87. The zero-order valence-electron chi connectivity index (χ0n) is 11.7. The summed E-state index contributed by atoms with van der Waals surface area (Å²) in [7, 11) is 0. The Hall–Kier alpha value is -1.63. The number of aryl methyl sites for hydroxylation is 1. The minimum atomic E-state index is -0.301. The Balaban J connectivity index is 2.39. The molecule has 0 atom stereocenters. The van der Waals surface area contributed by atoms with Crippen molar-refractivity contribution in [3.63, 3.8) is 0 Å². The van der Waals surface area contributed by atoms with Gasteiger partial charge in [0.2, 0.25) is 0 Å². The fraction of sp³-hybridized carbons (Fsp3) is 0.143. The van der Waals surface area contributed by atoms with E-state index in [4.69, 9.17) is 23.2 Å². The van der Waals surface area contributed by atoms with Crippen molar-refractivity contribution in [3.05, 3.63) is 50.6 Å². The van der Waals surface area contributed by atoms with Crippen LogP contribution in [0.4, 0.5) is 0 Å². The molecule has 0 saturated heterocycles. The second-order valence-electron chi connectivity index (χ2n) is 4.46. The van der Waals surface area contributed by atoms with Crippen molar-refractivity contribution in [2.45, 2.75) is 12.1 Å². The summed E-state index contributed by atoms with van der Waals surface area (Å²) in [4.78, 5) is 25.5. The Kier molecular flexibility index (Phi) is 4.08. The average molecular weight is 353 g/mol. The van der Waals surface area contributed by atoms with Gasteiger partial charge < -0.3 is 0 Å². The Morgan fingerprint density at radius 3 is 2.50 bits per heavy atom. The predicted octanol–water partition coefficient (Wildman–Crippen LogP) is 3.51. The lowest BCUT2D eigenvalue weighted by molar-refractivity contribution is 0.873. The van der Waals surface area contributed by atoms with Gasteiger partial charge in [-0.15, -0.1) is 0 Å². The van der Waals surface area contributed by atoms with E-state index in [2.05, 4.69) is 15.0 Å². The van der Waals surface area contributed by atoms with Crippen LogP contribution in [-0.2, 0) is 0 Å². The van der Waals surface area contributed by atoms with Crippen LogP contribution in [0.25, 0.3) is 16.7 Å². The molecule has 0 bridgehead atoms. The Labute approximate surface area is 140 Å². The van der Waals surface area contributed by atoms with Gasteiger partial charge in [0, 0.05) is 6.20 Å². The van der Waals surface area contributed by atoms with Crippen LogP contribution in [0.15, 0.2) is 34.3 Å². The van der Waals surface area contributed by atoms with E-state index < -0.39 is 0 Å². The second-order valence-corrected chi connectivity index (χ2v) is 6.05. The summed E-state index contributed by atoms with van der Waals surface area (Å²) in [6, 6.07) is 5.06. The highest BCUT2D eigenvalue weighted by Gasteiger charge is 2.16. The van der Waals surface area contributed by atoms with Crippen molar-refractivity contribution in [1.29, 1.82) is 0 Å². The zero-order chi connectivity index (χ0) is 15.9. The lowest BCUT2D eigenvalue weighted by Gasteiger charge is -2.13. The SMILES string of the molecule is CSc1ncc2c(=O)n(-c3c(Cl)cccc3Cl)c(C)nc2n1. The molecule has 0 fully saturated rings. The van der Waals surface area contributed by atoms with Gasteiger partial charge in [0.25, 0.3) is 5.56 Å². The zero-order valence-corrected chi connectivity index (χ0v) is 14.0. The average Bonchev–Trinajstić information content (AvgIpc) is 2.49. The first kappa shape index (κ1) is 15.3. The summed E-state index contributed by atoms with van der Waals surface area (Å²) in [6.07, 6.45) is 3.34. The maximum Gasteiger partial charge on any atom is 0.269 e. The molecule has 0 spiro atoms. The molecule has 0 aliphatic carbocycles. The molecule has 8 heteroatoms. The van der Waals surface area contributed by atoms with Crippen molar-refractivity contribution >= 4 is 46.0 Å². The number of para-hydroxylation sites is 1. The van der Waals surface area contributed by atoms with E-state index in [9.17, 15) is 4.79 Å². The number of fused-ring (bicyclic) bond motifs is 1. The van der Waals surface area contributed by atoms with E-state index in [0.717, 1.165) is 0 Å². The molecule has 2 aromatic heterocycles. The van der Waals surface area contributed by atoms with Crippen LogP contribution < -0.4 is 5.56 Å². The Morgan fingerprint density at radius 1 is 1.18 bits per heavy atom. The quantitative estimate of drug-likeness (QED) is 0.521. The maximum atomic E-state index is 12.8. The number of aromatic nitrogens is 4. The third-order valence-corrected chi connectivity index (χ3v) is 4.29. The van der Waals surface area contributed by atoms with Gasteiger partial charge in [-0.2, -0.15) is 0 Å². The van der Waals surface area contributed by atoms with E-state index >= 15 is 0 Å². The van der Waals surface area contributed by atoms with Crippen LogP contribution in [0.1, 0.15) is 5.82 Å². The van der Waals surface area contributed by atoms with Crippen molar-refractivity contribution < 1.29 is 0 Å². The van der Waals surface area contributed by atoms with Crippen LogP contribution >= 0.6 is 35.0 Å².